The van der Waals surface area contributed by atoms with Crippen LogP contribution in [0.25, 0.3) is 67.3 Å². The van der Waals surface area contributed by atoms with Crippen LogP contribution in [0.4, 0.5) is 0 Å². The van der Waals surface area contributed by atoms with Crippen LogP contribution in [-0.2, 0) is 16.2 Å². The van der Waals surface area contributed by atoms with Gasteiger partial charge in [0.15, 0.2) is 17.5 Å². The first-order valence-corrected chi connectivity index (χ1v) is 24.6. The van der Waals surface area contributed by atoms with Gasteiger partial charge < -0.3 is 0 Å². The Bertz CT molecular complexity index is 3700. The number of rotatable bonds is 5. The van der Waals surface area contributed by atoms with Crippen molar-refractivity contribution in [1.82, 2.24) is 15.0 Å². The van der Waals surface area contributed by atoms with Crippen LogP contribution in [0.15, 0.2) is 194 Å². The van der Waals surface area contributed by atoms with E-state index in [1.54, 1.807) is 0 Å². The average Bonchev–Trinajstić information content (AvgIpc) is 3.65. The number of hydrogen-bond donors (Lipinski definition) is 0. The fraction of sp³-hybridized carbons (Fsp3) is 0.152. The molecule has 0 N–H and O–H groups in total. The monoisotopic (exact) mass is 898 g/mol. The molecule has 0 unspecified atom stereocenters. The van der Waals surface area contributed by atoms with Gasteiger partial charge in [0.1, 0.15) is 0 Å². The van der Waals surface area contributed by atoms with Crippen LogP contribution in [0.2, 0.25) is 0 Å². The van der Waals surface area contributed by atoms with E-state index in [2.05, 4.69) is 216 Å². The van der Waals surface area contributed by atoms with Gasteiger partial charge in [-0.3, -0.25) is 0 Å². The molecule has 0 atom stereocenters. The van der Waals surface area contributed by atoms with Gasteiger partial charge in [-0.1, -0.05) is 198 Å². The molecule has 0 bridgehead atoms. The van der Waals surface area contributed by atoms with E-state index < -0.39 is 5.41 Å². The fourth-order valence-electron chi connectivity index (χ4n) is 12.6. The molecule has 1 heterocycles. The van der Waals surface area contributed by atoms with Gasteiger partial charge in [0.2, 0.25) is 0 Å². The number of hydrogen-bond acceptors (Lipinski definition) is 4. The van der Waals surface area contributed by atoms with Crippen molar-refractivity contribution in [3.63, 3.8) is 0 Å². The lowest BCUT2D eigenvalue weighted by atomic mass is 9.55. The highest BCUT2D eigenvalue weighted by Crippen LogP contribution is 2.64. The minimum absolute atomic E-state index is 0.226. The Kier molecular flexibility index (Phi) is 9.36. The second kappa shape index (κ2) is 15.6. The molecule has 4 aliphatic carbocycles. The van der Waals surface area contributed by atoms with Gasteiger partial charge >= 0.3 is 0 Å². The lowest BCUT2D eigenvalue weighted by molar-refractivity contribution is 0.563. The van der Waals surface area contributed by atoms with E-state index in [1.165, 1.54) is 72.3 Å². The highest BCUT2D eigenvalue weighted by molar-refractivity contribution is 5.97. The third-order valence-electron chi connectivity index (χ3n) is 16.0. The van der Waals surface area contributed by atoms with Crippen LogP contribution in [0.1, 0.15) is 108 Å². The second-order valence-corrected chi connectivity index (χ2v) is 20.5. The van der Waals surface area contributed by atoms with E-state index in [0.717, 1.165) is 52.7 Å². The first-order valence-electron chi connectivity index (χ1n) is 24.6. The predicted molar refractivity (Wildman–Crippen MR) is 284 cm³/mol. The van der Waals surface area contributed by atoms with Crippen molar-refractivity contribution in [1.29, 1.82) is 5.26 Å². The SMILES string of the molecule is CC1(C)c2cc(C#N)ccc2-c2ccc(-c3ccc4c(c3)-c3c(-c5nc(C6=CC=C(c7ccccc7)CCC6)nc(-c6ccccc6)n5)cccc3C43c4ccccc4C(C)(C)c4ccccc43)cc21. The summed E-state index contributed by atoms with van der Waals surface area (Å²) in [6.07, 6.45) is 7.35. The molecule has 8 aromatic carbocycles. The first-order chi connectivity index (χ1) is 34.2. The molecule has 0 saturated heterocycles. The van der Waals surface area contributed by atoms with Crippen LogP contribution in [0, 0.1) is 11.3 Å². The van der Waals surface area contributed by atoms with E-state index in [1.807, 2.05) is 12.1 Å². The normalized spacial score (nSPS) is 16.0. The maximum absolute atomic E-state index is 9.84. The number of fused-ring (bicyclic) bond motifs is 12. The van der Waals surface area contributed by atoms with Crippen molar-refractivity contribution in [2.75, 3.05) is 0 Å². The van der Waals surface area contributed by atoms with Gasteiger partial charge in [0.25, 0.3) is 0 Å². The summed E-state index contributed by atoms with van der Waals surface area (Å²) in [7, 11) is 0. The molecule has 13 rings (SSSR count). The van der Waals surface area contributed by atoms with Gasteiger partial charge in [0, 0.05) is 22.0 Å². The Balaban J connectivity index is 1.06. The molecule has 4 nitrogen and oxygen atoms in total. The molecule has 1 spiro atoms. The molecule has 1 aromatic heterocycles. The van der Waals surface area contributed by atoms with Crippen molar-refractivity contribution in [2.24, 2.45) is 0 Å². The third-order valence-corrected chi connectivity index (χ3v) is 16.0. The highest BCUT2D eigenvalue weighted by Gasteiger charge is 2.54. The predicted octanol–water partition coefficient (Wildman–Crippen LogP) is 15.7. The topological polar surface area (TPSA) is 62.5 Å². The molecule has 9 aromatic rings. The largest absolute Gasteiger partial charge is 0.209 e. The van der Waals surface area contributed by atoms with Crippen molar-refractivity contribution in [3.05, 3.63) is 256 Å². The average molecular weight is 899 g/mol. The number of allylic oxidation sites excluding steroid dienone is 4. The molecule has 0 fully saturated rings. The summed E-state index contributed by atoms with van der Waals surface area (Å²) in [6.45, 7) is 9.32. The molecule has 0 amide bonds. The number of nitrogens with zero attached hydrogens (tertiary/aromatic N) is 4. The van der Waals surface area contributed by atoms with Crippen LogP contribution in [0.3, 0.4) is 0 Å². The summed E-state index contributed by atoms with van der Waals surface area (Å²) in [4.78, 5) is 16.2. The fourth-order valence-corrected chi connectivity index (χ4v) is 12.6. The first kappa shape index (κ1) is 41.9. The van der Waals surface area contributed by atoms with E-state index in [0.29, 0.717) is 23.0 Å². The van der Waals surface area contributed by atoms with Crippen molar-refractivity contribution in [2.45, 2.75) is 63.2 Å². The van der Waals surface area contributed by atoms with Crippen molar-refractivity contribution in [3.8, 4) is 62.2 Å². The lowest BCUT2D eigenvalue weighted by Crippen LogP contribution is -2.40. The smallest absolute Gasteiger partial charge is 0.164 e. The number of nitriles is 1. The molecule has 0 radical (unpaired) electrons. The van der Waals surface area contributed by atoms with E-state index in [9.17, 15) is 5.26 Å². The highest BCUT2D eigenvalue weighted by atomic mass is 15.0. The Morgan fingerprint density at radius 3 is 1.64 bits per heavy atom. The Hall–Kier alpha value is -8.26. The van der Waals surface area contributed by atoms with E-state index in [4.69, 9.17) is 15.0 Å². The maximum atomic E-state index is 9.84. The molecular formula is C66H50N4. The molecule has 4 aliphatic rings. The van der Waals surface area contributed by atoms with Crippen LogP contribution < -0.4 is 0 Å². The Morgan fingerprint density at radius 2 is 0.929 bits per heavy atom. The van der Waals surface area contributed by atoms with Crippen LogP contribution in [-0.4, -0.2) is 15.0 Å². The number of aromatic nitrogens is 3. The minimum Gasteiger partial charge on any atom is -0.209 e. The lowest BCUT2D eigenvalue weighted by Gasteiger charge is -2.46. The second-order valence-electron chi connectivity index (χ2n) is 20.5. The quantitative estimate of drug-likeness (QED) is 0.173. The van der Waals surface area contributed by atoms with Crippen molar-refractivity contribution >= 4 is 11.1 Å². The van der Waals surface area contributed by atoms with Gasteiger partial charge in [-0.15, -0.1) is 0 Å². The Morgan fingerprint density at radius 1 is 0.386 bits per heavy atom. The summed E-state index contributed by atoms with van der Waals surface area (Å²) in [5.74, 6) is 2.04. The zero-order valence-electron chi connectivity index (χ0n) is 39.9. The zero-order chi connectivity index (χ0) is 47.4. The minimum atomic E-state index is -0.609. The third kappa shape index (κ3) is 6.11. The summed E-state index contributed by atoms with van der Waals surface area (Å²) < 4.78 is 0. The molecule has 4 heteroatoms. The summed E-state index contributed by atoms with van der Waals surface area (Å²) >= 11 is 0. The summed E-state index contributed by atoms with van der Waals surface area (Å²) in [5.41, 5.74) is 22.5. The van der Waals surface area contributed by atoms with Gasteiger partial charge in [0.05, 0.1) is 17.0 Å². The van der Waals surface area contributed by atoms with Gasteiger partial charge in [-0.25, -0.2) is 15.0 Å². The molecule has 0 aliphatic heterocycles. The van der Waals surface area contributed by atoms with E-state index >= 15 is 0 Å². The Labute approximate surface area is 410 Å². The molecular weight excluding hydrogens is 849 g/mol. The van der Waals surface area contributed by atoms with Crippen LogP contribution >= 0.6 is 0 Å². The number of benzene rings is 8. The molecule has 70 heavy (non-hydrogen) atoms. The van der Waals surface area contributed by atoms with Crippen LogP contribution in [0.5, 0.6) is 0 Å². The summed E-state index contributed by atoms with van der Waals surface area (Å²) in [6, 6.07) is 68.8. The van der Waals surface area contributed by atoms with E-state index in [-0.39, 0.29) is 10.8 Å². The van der Waals surface area contributed by atoms with Gasteiger partial charge in [-0.2, -0.15) is 5.26 Å². The zero-order valence-corrected chi connectivity index (χ0v) is 39.9. The van der Waals surface area contributed by atoms with Crippen molar-refractivity contribution < 1.29 is 0 Å². The molecule has 334 valence electrons. The molecule has 0 saturated carbocycles. The van der Waals surface area contributed by atoms with Gasteiger partial charge in [-0.05, 0) is 138 Å². The summed E-state index contributed by atoms with van der Waals surface area (Å²) in [5, 5.41) is 9.84. The standard InChI is InChI=1S/C66H50N4/c1-64(2)53-24-11-13-26-55(53)66(56-27-14-12-25-54(56)64)52-36-33-46(47-32-35-49-48-34-29-41(40-67)37-58(48)65(3,4)59(49)39-47)38-51(52)60-50(23-16-28-57(60)66)63-69-61(44-19-9-6-10-20-44)68-62(70-63)45-22-15-21-43(30-31-45)42-17-7-5-8-18-42/h5-14,16-20,23-39H,15,21-22H2,1-4H3. The maximum Gasteiger partial charge on any atom is 0.164 e.